The number of Topliss-reactive ketones (excluding diaryl/α,β-unsaturated/α-hetero) is 1. The van der Waals surface area contributed by atoms with Crippen LogP contribution in [0.2, 0.25) is 0 Å². The zero-order valence-corrected chi connectivity index (χ0v) is 18.0. The molecule has 0 unspecified atom stereocenters. The predicted molar refractivity (Wildman–Crippen MR) is 119 cm³/mol. The Labute approximate surface area is 189 Å². The van der Waals surface area contributed by atoms with E-state index in [1.807, 2.05) is 10.6 Å². The number of ether oxygens (including phenoxy) is 2. The number of benzene rings is 1. The van der Waals surface area contributed by atoms with E-state index in [2.05, 4.69) is 25.8 Å². The van der Waals surface area contributed by atoms with Crippen molar-refractivity contribution in [2.45, 2.75) is 25.8 Å². The van der Waals surface area contributed by atoms with E-state index in [9.17, 15) is 9.18 Å². The number of anilines is 1. The molecule has 0 atom stereocenters. The van der Waals surface area contributed by atoms with Crippen LogP contribution in [0.15, 0.2) is 12.1 Å². The van der Waals surface area contributed by atoms with Crippen LogP contribution in [-0.4, -0.2) is 63.1 Å². The first-order valence-corrected chi connectivity index (χ1v) is 10.8. The lowest BCUT2D eigenvalue weighted by atomic mass is 10.0. The van der Waals surface area contributed by atoms with Gasteiger partial charge in [-0.25, -0.2) is 4.98 Å². The molecule has 2 aliphatic heterocycles. The van der Waals surface area contributed by atoms with Crippen molar-refractivity contribution in [3.8, 4) is 23.8 Å². The second-order valence-electron chi connectivity index (χ2n) is 8.12. The third-order valence-corrected chi connectivity index (χ3v) is 5.91. The number of rotatable bonds is 6. The lowest BCUT2D eigenvalue weighted by molar-refractivity contribution is -0.116. The van der Waals surface area contributed by atoms with Crippen LogP contribution < -0.4 is 15.2 Å². The lowest BCUT2D eigenvalue weighted by Gasteiger charge is -2.20. The molecule has 0 amide bonds. The fourth-order valence-corrected chi connectivity index (χ4v) is 4.32. The van der Waals surface area contributed by atoms with Crippen LogP contribution in [0.4, 0.5) is 10.2 Å². The Balaban J connectivity index is 1.48. The fourth-order valence-electron chi connectivity index (χ4n) is 4.32. The minimum atomic E-state index is -0.901. The number of carbonyl (C=O) groups excluding carboxylic acids is 1. The van der Waals surface area contributed by atoms with Gasteiger partial charge < -0.3 is 19.8 Å². The molecule has 9 nitrogen and oxygen atoms in total. The van der Waals surface area contributed by atoms with Gasteiger partial charge in [-0.3, -0.25) is 9.69 Å². The monoisotopic (exact) mass is 450 g/mol. The summed E-state index contributed by atoms with van der Waals surface area (Å²) < 4.78 is 27.2. The molecule has 10 heteroatoms. The van der Waals surface area contributed by atoms with Gasteiger partial charge in [0.25, 0.3) is 0 Å². The fraction of sp³-hybridized carbons (Fsp3) is 0.391. The van der Waals surface area contributed by atoms with Gasteiger partial charge in [-0.05, 0) is 24.1 Å². The maximum Gasteiger partial charge on any atom is 0.312 e. The van der Waals surface area contributed by atoms with Crippen molar-refractivity contribution in [2.24, 2.45) is 0 Å². The van der Waals surface area contributed by atoms with Crippen LogP contribution in [0.1, 0.15) is 29.8 Å². The normalized spacial score (nSPS) is 15.8. The standard InChI is InChI=1S/C23H23FN6O3/c1-2-14-10-17-18(33-9-8-32-17)11-15(14)12-19-26-20-21(25)27-23(24)28-22(20)30(19)6-3-5-29-7-4-16(31)13-29/h1,10-11H,3-9,12-13H2,(H2,25,27,28). The average molecular weight is 450 g/mol. The van der Waals surface area contributed by atoms with Crippen molar-refractivity contribution < 1.29 is 18.7 Å². The maximum absolute atomic E-state index is 14.0. The summed E-state index contributed by atoms with van der Waals surface area (Å²) >= 11 is 0. The van der Waals surface area contributed by atoms with E-state index in [4.69, 9.17) is 21.6 Å². The highest BCUT2D eigenvalue weighted by Gasteiger charge is 2.22. The minimum absolute atomic E-state index is 0.0120. The highest BCUT2D eigenvalue weighted by Crippen LogP contribution is 2.34. The number of halogens is 1. The first-order valence-electron chi connectivity index (χ1n) is 10.8. The quantitative estimate of drug-likeness (QED) is 0.445. The summed E-state index contributed by atoms with van der Waals surface area (Å²) in [6.45, 7) is 3.45. The van der Waals surface area contributed by atoms with Crippen molar-refractivity contribution in [2.75, 3.05) is 38.6 Å². The summed E-state index contributed by atoms with van der Waals surface area (Å²) in [5.41, 5.74) is 8.13. The Bertz CT molecular complexity index is 1280. The number of aromatic nitrogens is 4. The highest BCUT2D eigenvalue weighted by atomic mass is 19.1. The second-order valence-corrected chi connectivity index (χ2v) is 8.12. The van der Waals surface area contributed by atoms with Gasteiger partial charge in [-0.15, -0.1) is 6.42 Å². The van der Waals surface area contributed by atoms with Gasteiger partial charge in [0.15, 0.2) is 28.5 Å². The van der Waals surface area contributed by atoms with Gasteiger partial charge in [-0.2, -0.15) is 14.4 Å². The molecule has 1 fully saturated rings. The van der Waals surface area contributed by atoms with Gasteiger partial charge in [0.05, 0.1) is 6.54 Å². The van der Waals surface area contributed by atoms with Crippen molar-refractivity contribution in [1.29, 1.82) is 0 Å². The van der Waals surface area contributed by atoms with E-state index in [1.165, 1.54) is 0 Å². The molecule has 1 saturated heterocycles. The van der Waals surface area contributed by atoms with E-state index >= 15 is 0 Å². The number of imidazole rings is 1. The maximum atomic E-state index is 14.0. The lowest BCUT2D eigenvalue weighted by Crippen LogP contribution is -2.23. The zero-order valence-electron chi connectivity index (χ0n) is 18.0. The molecule has 0 saturated carbocycles. The van der Waals surface area contributed by atoms with Gasteiger partial charge in [0, 0.05) is 38.0 Å². The van der Waals surface area contributed by atoms with Crippen LogP contribution in [0.3, 0.4) is 0 Å². The molecule has 0 aliphatic carbocycles. The van der Waals surface area contributed by atoms with Crippen molar-refractivity contribution in [3.63, 3.8) is 0 Å². The van der Waals surface area contributed by atoms with Crippen LogP contribution in [0.5, 0.6) is 11.5 Å². The molecule has 3 aromatic rings. The molecule has 33 heavy (non-hydrogen) atoms. The van der Waals surface area contributed by atoms with E-state index in [0.29, 0.717) is 73.2 Å². The molecular formula is C23H23FN6O3. The summed E-state index contributed by atoms with van der Waals surface area (Å²) in [4.78, 5) is 25.9. The van der Waals surface area contributed by atoms with Crippen LogP contribution in [-0.2, 0) is 17.8 Å². The third kappa shape index (κ3) is 4.19. The van der Waals surface area contributed by atoms with E-state index in [1.54, 1.807) is 6.07 Å². The molecular weight excluding hydrogens is 427 g/mol. The average Bonchev–Trinajstić information content (AvgIpc) is 3.37. The number of terminal acetylenes is 1. The van der Waals surface area contributed by atoms with Gasteiger partial charge >= 0.3 is 6.08 Å². The highest BCUT2D eigenvalue weighted by molar-refractivity contribution is 5.82. The first kappa shape index (κ1) is 21.2. The molecule has 1 aromatic carbocycles. The molecule has 2 N–H and O–H groups in total. The predicted octanol–water partition coefficient (Wildman–Crippen LogP) is 1.56. The topological polar surface area (TPSA) is 108 Å². The summed E-state index contributed by atoms with van der Waals surface area (Å²) in [5, 5.41) is 0. The van der Waals surface area contributed by atoms with E-state index < -0.39 is 6.08 Å². The van der Waals surface area contributed by atoms with Crippen LogP contribution in [0, 0.1) is 18.4 Å². The molecule has 0 radical (unpaired) electrons. The van der Waals surface area contributed by atoms with Gasteiger partial charge in [-0.1, -0.05) is 5.92 Å². The molecule has 0 spiro atoms. The zero-order chi connectivity index (χ0) is 22.9. The number of nitrogens with zero attached hydrogens (tertiary/aromatic N) is 5. The number of fused-ring (bicyclic) bond motifs is 2. The Morgan fingerprint density at radius 1 is 1.15 bits per heavy atom. The molecule has 4 heterocycles. The first-order chi connectivity index (χ1) is 16.0. The number of aryl methyl sites for hydroxylation is 1. The molecule has 2 aliphatic rings. The number of ketones is 1. The van der Waals surface area contributed by atoms with E-state index in [0.717, 1.165) is 25.1 Å². The number of carbonyl (C=O) groups is 1. The number of nitrogens with two attached hydrogens (primary N) is 1. The second kappa shape index (κ2) is 8.67. The number of hydrogen-bond acceptors (Lipinski definition) is 8. The summed E-state index contributed by atoms with van der Waals surface area (Å²) in [6.07, 6.45) is 6.55. The molecule has 0 bridgehead atoms. The van der Waals surface area contributed by atoms with Crippen molar-refractivity contribution in [1.82, 2.24) is 24.4 Å². The Morgan fingerprint density at radius 2 is 1.94 bits per heavy atom. The van der Waals surface area contributed by atoms with Gasteiger partial charge in [0.2, 0.25) is 0 Å². The minimum Gasteiger partial charge on any atom is -0.486 e. The number of hydrogen-bond donors (Lipinski definition) is 1. The van der Waals surface area contributed by atoms with Gasteiger partial charge in [0.1, 0.15) is 24.8 Å². The number of nitrogen functional groups attached to an aromatic ring is 1. The largest absolute Gasteiger partial charge is 0.486 e. The summed E-state index contributed by atoms with van der Waals surface area (Å²) in [5.74, 6) is 4.83. The molecule has 170 valence electrons. The Kier molecular flexibility index (Phi) is 5.56. The molecule has 2 aromatic heterocycles. The summed E-state index contributed by atoms with van der Waals surface area (Å²) in [6, 6.07) is 3.65. The molecule has 5 rings (SSSR count). The SMILES string of the molecule is C#Cc1cc2c(cc1Cc1nc3c(N)nc(F)nc3n1CCCN1CCC(=O)C1)OCCO2. The van der Waals surface area contributed by atoms with E-state index in [-0.39, 0.29) is 11.6 Å². The van der Waals surface area contributed by atoms with Crippen molar-refractivity contribution in [3.05, 3.63) is 35.2 Å². The Hall–Kier alpha value is -3.71. The van der Waals surface area contributed by atoms with Crippen LogP contribution in [0.25, 0.3) is 11.2 Å². The van der Waals surface area contributed by atoms with Crippen molar-refractivity contribution >= 4 is 22.8 Å². The summed E-state index contributed by atoms with van der Waals surface area (Å²) in [7, 11) is 0. The number of likely N-dealkylation sites (tertiary alicyclic amines) is 1. The smallest absolute Gasteiger partial charge is 0.312 e. The third-order valence-electron chi connectivity index (χ3n) is 5.91. The Morgan fingerprint density at radius 3 is 2.67 bits per heavy atom. The van der Waals surface area contributed by atoms with Crippen LogP contribution >= 0.6 is 0 Å².